The van der Waals surface area contributed by atoms with Gasteiger partial charge in [-0.05, 0) is 54.3 Å². The van der Waals surface area contributed by atoms with Gasteiger partial charge in [-0.15, -0.1) is 11.3 Å². The fraction of sp³-hybridized carbons (Fsp3) is 0.200. The molecule has 1 unspecified atom stereocenters. The molecular formula is C25H21NO5S. The quantitative estimate of drug-likeness (QED) is 0.348. The first-order chi connectivity index (χ1) is 15.6. The second kappa shape index (κ2) is 8.16. The smallest absolute Gasteiger partial charge is 0.300 e. The molecule has 162 valence electrons. The Hall–Kier alpha value is -3.58. The first kappa shape index (κ1) is 20.3. The van der Waals surface area contributed by atoms with Crippen LogP contribution in [0.15, 0.2) is 65.6 Å². The summed E-state index contributed by atoms with van der Waals surface area (Å²) in [6, 6.07) is 15.4. The molecule has 3 aromatic rings. The van der Waals surface area contributed by atoms with Gasteiger partial charge in [-0.2, -0.15) is 0 Å². The Morgan fingerprint density at radius 2 is 2.06 bits per heavy atom. The molecule has 5 rings (SSSR count). The highest BCUT2D eigenvalue weighted by atomic mass is 32.1. The molecule has 1 N–H and O–H groups in total. The lowest BCUT2D eigenvalue weighted by atomic mass is 9.98. The van der Waals surface area contributed by atoms with Gasteiger partial charge < -0.3 is 14.6 Å². The molecule has 0 bridgehead atoms. The number of Topliss-reactive ketones (excluding diaryl/α,β-unsaturated/α-hetero) is 1. The van der Waals surface area contributed by atoms with Crippen molar-refractivity contribution in [1.82, 2.24) is 0 Å². The van der Waals surface area contributed by atoms with Crippen LogP contribution in [0.25, 0.3) is 5.76 Å². The standard InChI is InChI=1S/C25H21NO5S/c1-2-30-18-6-3-5-17(14-18)26-22(20-7-4-12-32-20)21(24(28)25(26)29)23(27)16-8-9-19-15(13-16)10-11-31-19/h3-9,12-14,22,27H,2,10-11H2,1H3/b23-21-. The molecule has 0 spiro atoms. The fourth-order valence-corrected chi connectivity index (χ4v) is 5.02. The van der Waals surface area contributed by atoms with Crippen molar-refractivity contribution in [3.05, 3.63) is 81.6 Å². The monoisotopic (exact) mass is 447 g/mol. The van der Waals surface area contributed by atoms with E-state index >= 15 is 0 Å². The summed E-state index contributed by atoms with van der Waals surface area (Å²) < 4.78 is 11.1. The highest BCUT2D eigenvalue weighted by Crippen LogP contribution is 2.44. The zero-order chi connectivity index (χ0) is 22.2. The number of anilines is 1. The highest BCUT2D eigenvalue weighted by Gasteiger charge is 2.47. The number of rotatable bonds is 5. The number of thiophene rings is 1. The minimum absolute atomic E-state index is 0.0816. The number of hydrogen-bond acceptors (Lipinski definition) is 6. The third-order valence-electron chi connectivity index (χ3n) is 5.63. The Balaban J connectivity index is 1.66. The maximum absolute atomic E-state index is 13.2. The van der Waals surface area contributed by atoms with Gasteiger partial charge in [0, 0.05) is 28.6 Å². The molecule has 0 aliphatic carbocycles. The van der Waals surface area contributed by atoms with Crippen molar-refractivity contribution in [1.29, 1.82) is 0 Å². The molecule has 0 saturated carbocycles. The van der Waals surface area contributed by atoms with Crippen molar-refractivity contribution in [2.24, 2.45) is 0 Å². The van der Waals surface area contributed by atoms with E-state index in [1.165, 1.54) is 16.2 Å². The van der Waals surface area contributed by atoms with Crippen LogP contribution in [-0.2, 0) is 16.0 Å². The normalized spacial score (nSPS) is 19.2. The zero-order valence-corrected chi connectivity index (χ0v) is 18.2. The van der Waals surface area contributed by atoms with Gasteiger partial charge in [-0.1, -0.05) is 12.1 Å². The summed E-state index contributed by atoms with van der Waals surface area (Å²) in [6.07, 6.45) is 0.739. The number of fused-ring (bicyclic) bond motifs is 1. The van der Waals surface area contributed by atoms with E-state index in [9.17, 15) is 14.7 Å². The van der Waals surface area contributed by atoms with Gasteiger partial charge in [0.1, 0.15) is 23.3 Å². The summed E-state index contributed by atoms with van der Waals surface area (Å²) in [5, 5.41) is 13.1. The van der Waals surface area contributed by atoms with Gasteiger partial charge in [0.15, 0.2) is 0 Å². The lowest BCUT2D eigenvalue weighted by Crippen LogP contribution is -2.29. The number of benzene rings is 2. The zero-order valence-electron chi connectivity index (χ0n) is 17.4. The number of nitrogens with zero attached hydrogens (tertiary/aromatic N) is 1. The summed E-state index contributed by atoms with van der Waals surface area (Å²) in [5.41, 5.74) is 2.09. The van der Waals surface area contributed by atoms with E-state index in [2.05, 4.69) is 0 Å². The molecule has 1 fully saturated rings. The number of amides is 1. The van der Waals surface area contributed by atoms with Gasteiger partial charge in [0.25, 0.3) is 11.7 Å². The first-order valence-corrected chi connectivity index (χ1v) is 11.3. The molecule has 32 heavy (non-hydrogen) atoms. The predicted molar refractivity (Wildman–Crippen MR) is 122 cm³/mol. The minimum Gasteiger partial charge on any atom is -0.507 e. The summed E-state index contributed by atoms with van der Waals surface area (Å²) in [5.74, 6) is -0.178. The molecule has 1 amide bonds. The van der Waals surface area contributed by atoms with Crippen molar-refractivity contribution >= 4 is 34.5 Å². The Morgan fingerprint density at radius 3 is 2.84 bits per heavy atom. The van der Waals surface area contributed by atoms with Crippen LogP contribution in [0, 0.1) is 0 Å². The highest BCUT2D eigenvalue weighted by molar-refractivity contribution is 7.10. The van der Waals surface area contributed by atoms with E-state index in [1.54, 1.807) is 36.4 Å². The second-order valence-corrected chi connectivity index (χ2v) is 8.52. The van der Waals surface area contributed by atoms with E-state index in [1.807, 2.05) is 30.5 Å². The van der Waals surface area contributed by atoms with Crippen molar-refractivity contribution in [3.63, 3.8) is 0 Å². The fourth-order valence-electron chi connectivity index (χ4n) is 4.19. The van der Waals surface area contributed by atoms with Gasteiger partial charge in [0.05, 0.1) is 18.8 Å². The van der Waals surface area contributed by atoms with Crippen molar-refractivity contribution < 1.29 is 24.2 Å². The average Bonchev–Trinajstić information content (AvgIpc) is 3.54. The summed E-state index contributed by atoms with van der Waals surface area (Å²) in [6.45, 7) is 2.96. The summed E-state index contributed by atoms with van der Waals surface area (Å²) in [7, 11) is 0. The molecule has 6 nitrogen and oxygen atoms in total. The number of aliphatic hydroxyl groups is 1. The molecule has 1 saturated heterocycles. The van der Waals surface area contributed by atoms with Crippen molar-refractivity contribution in [2.75, 3.05) is 18.1 Å². The maximum atomic E-state index is 13.2. The van der Waals surface area contributed by atoms with E-state index in [0.717, 1.165) is 22.6 Å². The maximum Gasteiger partial charge on any atom is 0.300 e. The van der Waals surface area contributed by atoms with Gasteiger partial charge in [-0.3, -0.25) is 14.5 Å². The van der Waals surface area contributed by atoms with Crippen LogP contribution < -0.4 is 14.4 Å². The van der Waals surface area contributed by atoms with Gasteiger partial charge in [0.2, 0.25) is 0 Å². The molecule has 7 heteroatoms. The lowest BCUT2D eigenvalue weighted by molar-refractivity contribution is -0.132. The number of ether oxygens (including phenoxy) is 2. The molecule has 0 radical (unpaired) electrons. The van der Waals surface area contributed by atoms with E-state index < -0.39 is 17.7 Å². The number of aliphatic hydroxyl groups excluding tert-OH is 1. The third kappa shape index (κ3) is 3.35. The Bertz CT molecular complexity index is 1230. The third-order valence-corrected chi connectivity index (χ3v) is 6.55. The molecule has 3 heterocycles. The largest absolute Gasteiger partial charge is 0.507 e. The van der Waals surface area contributed by atoms with E-state index in [-0.39, 0.29) is 11.3 Å². The number of carbonyl (C=O) groups excluding carboxylic acids is 2. The van der Waals surface area contributed by atoms with Crippen LogP contribution in [0.1, 0.15) is 29.0 Å². The van der Waals surface area contributed by atoms with Crippen LogP contribution in [0.5, 0.6) is 11.5 Å². The molecule has 2 aromatic carbocycles. The molecular weight excluding hydrogens is 426 g/mol. The van der Waals surface area contributed by atoms with Crippen LogP contribution in [0.2, 0.25) is 0 Å². The lowest BCUT2D eigenvalue weighted by Gasteiger charge is -2.24. The summed E-state index contributed by atoms with van der Waals surface area (Å²) >= 11 is 1.43. The van der Waals surface area contributed by atoms with E-state index in [4.69, 9.17) is 9.47 Å². The van der Waals surface area contributed by atoms with E-state index in [0.29, 0.717) is 30.2 Å². The Morgan fingerprint density at radius 1 is 1.19 bits per heavy atom. The number of ketones is 1. The molecule has 1 aromatic heterocycles. The topological polar surface area (TPSA) is 76.1 Å². The molecule has 2 aliphatic rings. The summed E-state index contributed by atoms with van der Waals surface area (Å²) in [4.78, 5) is 28.6. The average molecular weight is 448 g/mol. The van der Waals surface area contributed by atoms with Crippen LogP contribution in [0.3, 0.4) is 0 Å². The van der Waals surface area contributed by atoms with Crippen molar-refractivity contribution in [2.45, 2.75) is 19.4 Å². The predicted octanol–water partition coefficient (Wildman–Crippen LogP) is 4.71. The molecule has 1 atom stereocenters. The Kier molecular flexibility index (Phi) is 5.19. The van der Waals surface area contributed by atoms with Crippen LogP contribution in [-0.4, -0.2) is 30.0 Å². The number of hydrogen-bond donors (Lipinski definition) is 1. The van der Waals surface area contributed by atoms with Crippen molar-refractivity contribution in [3.8, 4) is 11.5 Å². The molecule has 2 aliphatic heterocycles. The second-order valence-electron chi connectivity index (χ2n) is 7.54. The van der Waals surface area contributed by atoms with Crippen LogP contribution >= 0.6 is 11.3 Å². The number of carbonyl (C=O) groups is 2. The SMILES string of the molecule is CCOc1cccc(N2C(=O)C(=O)/C(=C(\O)c3ccc4c(c3)CCO4)C2c2cccs2)c1. The first-order valence-electron chi connectivity index (χ1n) is 10.4. The van der Waals surface area contributed by atoms with Gasteiger partial charge >= 0.3 is 0 Å². The van der Waals surface area contributed by atoms with Gasteiger partial charge in [-0.25, -0.2) is 0 Å². The minimum atomic E-state index is -0.726. The Labute approximate surface area is 189 Å². The van der Waals surface area contributed by atoms with Crippen LogP contribution in [0.4, 0.5) is 5.69 Å².